The fourth-order valence-electron chi connectivity index (χ4n) is 4.31. The molecule has 1 aromatic heterocycles. The van der Waals surface area contributed by atoms with Gasteiger partial charge < -0.3 is 20.5 Å². The summed E-state index contributed by atoms with van der Waals surface area (Å²) in [5.74, 6) is -1.46. The quantitative estimate of drug-likeness (QED) is 0.416. The van der Waals surface area contributed by atoms with E-state index < -0.39 is 12.1 Å². The first kappa shape index (κ1) is 23.9. The Kier molecular flexibility index (Phi) is 7.40. The molecule has 2 amide bonds. The third-order valence-electron chi connectivity index (χ3n) is 6.20. The highest BCUT2D eigenvalue weighted by Gasteiger charge is 2.29. The van der Waals surface area contributed by atoms with Gasteiger partial charge in [0.15, 0.2) is 0 Å². The molecule has 8 nitrogen and oxygen atoms in total. The molecule has 180 valence electrons. The van der Waals surface area contributed by atoms with Crippen LogP contribution in [0, 0.1) is 5.92 Å². The number of carbonyl (C=O) groups excluding carboxylic acids is 2. The van der Waals surface area contributed by atoms with Crippen LogP contribution >= 0.6 is 0 Å². The van der Waals surface area contributed by atoms with Crippen LogP contribution in [0.1, 0.15) is 47.3 Å². The second kappa shape index (κ2) is 10.8. The number of amides is 2. The number of pyridine rings is 1. The van der Waals surface area contributed by atoms with Crippen molar-refractivity contribution in [2.75, 3.05) is 18.5 Å². The van der Waals surface area contributed by atoms with Crippen molar-refractivity contribution in [1.82, 2.24) is 10.3 Å². The molecule has 1 aliphatic rings. The summed E-state index contributed by atoms with van der Waals surface area (Å²) in [4.78, 5) is 39.5. The summed E-state index contributed by atoms with van der Waals surface area (Å²) in [6.45, 7) is 2.48. The number of rotatable bonds is 9. The van der Waals surface area contributed by atoms with Crippen LogP contribution in [0.15, 0.2) is 66.9 Å². The van der Waals surface area contributed by atoms with Crippen LogP contribution < -0.4 is 10.6 Å². The lowest BCUT2D eigenvalue weighted by molar-refractivity contribution is -0.117. The summed E-state index contributed by atoms with van der Waals surface area (Å²) in [6, 6.07) is 19.1. The average molecular weight is 474 g/mol. The number of ether oxygens (including phenoxy) is 1. The van der Waals surface area contributed by atoms with E-state index in [2.05, 4.69) is 39.9 Å². The lowest BCUT2D eigenvalue weighted by atomic mass is 9.98. The number of carboxylic acids is 1. The molecule has 1 heterocycles. The second-order valence-corrected chi connectivity index (χ2v) is 8.47. The average Bonchev–Trinajstić information content (AvgIpc) is 3.19. The molecule has 0 spiro atoms. The van der Waals surface area contributed by atoms with Crippen molar-refractivity contribution in [3.05, 3.63) is 83.7 Å². The molecule has 2 aromatic carbocycles. The van der Waals surface area contributed by atoms with Gasteiger partial charge in [-0.15, -0.1) is 0 Å². The molecular weight excluding hydrogens is 446 g/mol. The third-order valence-corrected chi connectivity index (χ3v) is 6.20. The van der Waals surface area contributed by atoms with Gasteiger partial charge in [-0.2, -0.15) is 0 Å². The zero-order valence-corrected chi connectivity index (χ0v) is 19.4. The van der Waals surface area contributed by atoms with Gasteiger partial charge in [0.2, 0.25) is 5.91 Å². The van der Waals surface area contributed by atoms with E-state index in [1.807, 2.05) is 31.2 Å². The Labute approximate surface area is 203 Å². The molecule has 0 saturated carbocycles. The lowest BCUT2D eigenvalue weighted by Crippen LogP contribution is -2.32. The highest BCUT2D eigenvalue weighted by molar-refractivity contribution is 5.91. The lowest BCUT2D eigenvalue weighted by Gasteiger charge is -2.17. The van der Waals surface area contributed by atoms with Gasteiger partial charge in [-0.25, -0.2) is 14.6 Å². The number of carboxylic acid groups (broad SMARTS) is 1. The molecule has 1 unspecified atom stereocenters. The minimum atomic E-state index is -1.13. The number of benzene rings is 2. The standard InChI is InChI=1S/C27H27N3O5/c1-2-17(13-25(31)30-18-11-12-24(26(32)33)28-15-18)14-29-27(34)35-16-23-21-9-5-3-7-19(21)20-8-4-6-10-22(20)23/h3-12,15,17,23H,2,13-14,16H2,1H3,(H,29,34)(H,30,31)(H,32,33). The van der Waals surface area contributed by atoms with E-state index in [0.717, 1.165) is 11.1 Å². The van der Waals surface area contributed by atoms with E-state index in [-0.39, 0.29) is 36.5 Å². The van der Waals surface area contributed by atoms with Crippen molar-refractivity contribution in [2.24, 2.45) is 5.92 Å². The summed E-state index contributed by atoms with van der Waals surface area (Å²) in [7, 11) is 0. The van der Waals surface area contributed by atoms with Gasteiger partial charge in [-0.3, -0.25) is 4.79 Å². The number of anilines is 1. The molecule has 0 saturated heterocycles. The maximum absolute atomic E-state index is 12.4. The van der Waals surface area contributed by atoms with Crippen LogP contribution in [0.2, 0.25) is 0 Å². The first-order valence-corrected chi connectivity index (χ1v) is 11.5. The number of fused-ring (bicyclic) bond motifs is 3. The van der Waals surface area contributed by atoms with Crippen LogP contribution in [0.25, 0.3) is 11.1 Å². The summed E-state index contributed by atoms with van der Waals surface area (Å²) >= 11 is 0. The highest BCUT2D eigenvalue weighted by Crippen LogP contribution is 2.44. The van der Waals surface area contributed by atoms with Gasteiger partial charge in [0.25, 0.3) is 0 Å². The monoisotopic (exact) mass is 473 g/mol. The maximum Gasteiger partial charge on any atom is 0.407 e. The van der Waals surface area contributed by atoms with Crippen LogP contribution in [-0.4, -0.2) is 41.2 Å². The molecule has 0 fully saturated rings. The van der Waals surface area contributed by atoms with Gasteiger partial charge in [-0.1, -0.05) is 61.9 Å². The second-order valence-electron chi connectivity index (χ2n) is 8.47. The van der Waals surface area contributed by atoms with Gasteiger partial charge in [0, 0.05) is 18.9 Å². The van der Waals surface area contributed by atoms with Crippen molar-refractivity contribution in [3.63, 3.8) is 0 Å². The largest absolute Gasteiger partial charge is 0.477 e. The van der Waals surface area contributed by atoms with Crippen LogP contribution in [0.5, 0.6) is 0 Å². The summed E-state index contributed by atoms with van der Waals surface area (Å²) in [6.07, 6.45) is 1.67. The number of nitrogens with zero attached hydrogens (tertiary/aromatic N) is 1. The van der Waals surface area contributed by atoms with Crippen molar-refractivity contribution in [3.8, 4) is 11.1 Å². The zero-order chi connectivity index (χ0) is 24.8. The fourth-order valence-corrected chi connectivity index (χ4v) is 4.31. The van der Waals surface area contributed by atoms with Gasteiger partial charge in [0.05, 0.1) is 11.9 Å². The third kappa shape index (κ3) is 5.66. The van der Waals surface area contributed by atoms with Crippen molar-refractivity contribution >= 4 is 23.7 Å². The fraction of sp³-hybridized carbons (Fsp3) is 0.259. The molecular formula is C27H27N3O5. The van der Waals surface area contributed by atoms with Crippen molar-refractivity contribution < 1.29 is 24.2 Å². The van der Waals surface area contributed by atoms with E-state index >= 15 is 0 Å². The van der Waals surface area contributed by atoms with E-state index in [9.17, 15) is 14.4 Å². The van der Waals surface area contributed by atoms with E-state index in [0.29, 0.717) is 18.7 Å². The normalized spacial score (nSPS) is 12.8. The highest BCUT2D eigenvalue weighted by atomic mass is 16.5. The van der Waals surface area contributed by atoms with Crippen LogP contribution in [0.4, 0.5) is 10.5 Å². The van der Waals surface area contributed by atoms with Crippen LogP contribution in [0.3, 0.4) is 0 Å². The molecule has 35 heavy (non-hydrogen) atoms. The Morgan fingerprint density at radius 2 is 1.66 bits per heavy atom. The number of carbonyl (C=O) groups is 3. The molecule has 0 bridgehead atoms. The van der Waals surface area contributed by atoms with E-state index in [4.69, 9.17) is 9.84 Å². The summed E-state index contributed by atoms with van der Waals surface area (Å²) < 4.78 is 5.56. The molecule has 3 N–H and O–H groups in total. The van der Waals surface area contributed by atoms with E-state index in [1.54, 1.807) is 0 Å². The Hall–Kier alpha value is -4.20. The smallest absolute Gasteiger partial charge is 0.407 e. The predicted octanol–water partition coefficient (Wildman–Crippen LogP) is 4.67. The molecule has 3 aromatic rings. The van der Waals surface area contributed by atoms with Crippen molar-refractivity contribution in [2.45, 2.75) is 25.7 Å². The molecule has 1 aliphatic carbocycles. The molecule has 4 rings (SSSR count). The topological polar surface area (TPSA) is 118 Å². The zero-order valence-electron chi connectivity index (χ0n) is 19.4. The Balaban J connectivity index is 1.26. The number of nitrogens with one attached hydrogen (secondary N) is 2. The first-order valence-electron chi connectivity index (χ1n) is 11.5. The molecule has 1 atom stereocenters. The Bertz CT molecular complexity index is 1180. The first-order chi connectivity index (χ1) is 17.0. The SMILES string of the molecule is CCC(CNC(=O)OCC1c2ccccc2-c2ccccc21)CC(=O)Nc1ccc(C(=O)O)nc1. The Morgan fingerprint density at radius 1 is 1.00 bits per heavy atom. The van der Waals surface area contributed by atoms with Crippen molar-refractivity contribution in [1.29, 1.82) is 0 Å². The maximum atomic E-state index is 12.4. The predicted molar refractivity (Wildman–Crippen MR) is 131 cm³/mol. The van der Waals surface area contributed by atoms with E-state index in [1.165, 1.54) is 29.5 Å². The number of hydrogen-bond donors (Lipinski definition) is 3. The minimum Gasteiger partial charge on any atom is -0.477 e. The summed E-state index contributed by atoms with van der Waals surface area (Å²) in [5.41, 5.74) is 4.95. The number of alkyl carbamates (subject to hydrolysis) is 1. The number of aromatic carboxylic acids is 1. The van der Waals surface area contributed by atoms with Gasteiger partial charge in [-0.05, 0) is 40.3 Å². The van der Waals surface area contributed by atoms with Gasteiger partial charge >= 0.3 is 12.1 Å². The minimum absolute atomic E-state index is 0.0120. The molecule has 8 heteroatoms. The molecule has 0 aliphatic heterocycles. The number of hydrogen-bond acceptors (Lipinski definition) is 5. The summed E-state index contributed by atoms with van der Waals surface area (Å²) in [5, 5.41) is 14.4. The Morgan fingerprint density at radius 3 is 2.23 bits per heavy atom. The molecule has 0 radical (unpaired) electrons. The number of aromatic nitrogens is 1. The van der Waals surface area contributed by atoms with Crippen LogP contribution in [-0.2, 0) is 9.53 Å². The van der Waals surface area contributed by atoms with Gasteiger partial charge in [0.1, 0.15) is 12.3 Å².